The van der Waals surface area contributed by atoms with Crippen LogP contribution in [0.1, 0.15) is 26.7 Å². The summed E-state index contributed by atoms with van der Waals surface area (Å²) in [5, 5.41) is 12.3. The molecule has 0 aromatic heterocycles. The van der Waals surface area contributed by atoms with Crippen LogP contribution in [-0.2, 0) is 0 Å². The molecule has 0 saturated heterocycles. The number of aliphatic hydroxyl groups is 1. The topological polar surface area (TPSA) is 35.5 Å². The summed E-state index contributed by atoms with van der Waals surface area (Å²) >= 11 is 0. The zero-order valence-electron chi connectivity index (χ0n) is 8.79. The smallest absolute Gasteiger partial charge is 0.0558 e. The van der Waals surface area contributed by atoms with Gasteiger partial charge in [-0.05, 0) is 26.7 Å². The lowest BCUT2D eigenvalue weighted by atomic mass is 10.3. The molecule has 0 heterocycles. The van der Waals surface area contributed by atoms with Gasteiger partial charge >= 0.3 is 0 Å². The van der Waals surface area contributed by atoms with Crippen molar-refractivity contribution in [2.24, 2.45) is 0 Å². The Balaban J connectivity index is 2.05. The highest BCUT2D eigenvalue weighted by atomic mass is 16.3. The molecule has 13 heavy (non-hydrogen) atoms. The first kappa shape index (κ1) is 11.0. The highest BCUT2D eigenvalue weighted by Crippen LogP contribution is 2.18. The van der Waals surface area contributed by atoms with Gasteiger partial charge in [-0.15, -0.1) is 0 Å². The van der Waals surface area contributed by atoms with E-state index in [1.807, 2.05) is 0 Å². The molecule has 2 N–H and O–H groups in total. The molecule has 1 rings (SSSR count). The quantitative estimate of drug-likeness (QED) is 0.605. The van der Waals surface area contributed by atoms with E-state index in [9.17, 15) is 0 Å². The fraction of sp³-hybridized carbons (Fsp3) is 1.00. The lowest BCUT2D eigenvalue weighted by molar-refractivity contribution is 0.166. The molecule has 0 unspecified atom stereocenters. The van der Waals surface area contributed by atoms with Gasteiger partial charge in [0.15, 0.2) is 0 Å². The van der Waals surface area contributed by atoms with Crippen LogP contribution in [0.4, 0.5) is 0 Å². The number of rotatable bonds is 7. The maximum Gasteiger partial charge on any atom is 0.0558 e. The van der Waals surface area contributed by atoms with E-state index >= 15 is 0 Å². The highest BCUT2D eigenvalue weighted by molar-refractivity contribution is 4.81. The molecule has 1 saturated carbocycles. The zero-order valence-corrected chi connectivity index (χ0v) is 8.79. The molecule has 78 valence electrons. The fourth-order valence-electron chi connectivity index (χ4n) is 1.46. The van der Waals surface area contributed by atoms with E-state index in [4.69, 9.17) is 5.11 Å². The molecule has 0 aliphatic heterocycles. The van der Waals surface area contributed by atoms with Crippen molar-refractivity contribution in [1.29, 1.82) is 0 Å². The first-order chi connectivity index (χ1) is 6.24. The second-order valence-electron chi connectivity index (χ2n) is 4.08. The minimum absolute atomic E-state index is 0.265. The van der Waals surface area contributed by atoms with Crippen molar-refractivity contribution >= 4 is 0 Å². The Morgan fingerprint density at radius 2 is 2.08 bits per heavy atom. The Hall–Kier alpha value is -0.120. The molecule has 0 amide bonds. The lowest BCUT2D eigenvalue weighted by Crippen LogP contribution is -2.39. The standard InChI is InChI=1S/C10H22N2O/c1-9(2)12(7-8-13)6-5-11-10-3-4-10/h9-11,13H,3-8H2,1-2H3. The molecule has 0 bridgehead atoms. The molecule has 1 fully saturated rings. The first-order valence-corrected chi connectivity index (χ1v) is 5.32. The van der Waals surface area contributed by atoms with Crippen LogP contribution in [0, 0.1) is 0 Å². The lowest BCUT2D eigenvalue weighted by Gasteiger charge is -2.25. The van der Waals surface area contributed by atoms with Crippen LogP contribution in [0.2, 0.25) is 0 Å². The van der Waals surface area contributed by atoms with Crippen molar-refractivity contribution in [2.75, 3.05) is 26.2 Å². The van der Waals surface area contributed by atoms with Gasteiger partial charge in [0.1, 0.15) is 0 Å². The third-order valence-electron chi connectivity index (χ3n) is 2.53. The van der Waals surface area contributed by atoms with Gasteiger partial charge in [-0.3, -0.25) is 4.90 Å². The van der Waals surface area contributed by atoms with Crippen LogP contribution in [0.25, 0.3) is 0 Å². The Bertz CT molecular complexity index is 135. The number of aliphatic hydroxyl groups excluding tert-OH is 1. The second kappa shape index (κ2) is 5.58. The van der Waals surface area contributed by atoms with E-state index in [-0.39, 0.29) is 6.61 Å². The largest absolute Gasteiger partial charge is 0.395 e. The summed E-state index contributed by atoms with van der Waals surface area (Å²) in [6.07, 6.45) is 2.70. The summed E-state index contributed by atoms with van der Waals surface area (Å²) in [6.45, 7) is 7.52. The van der Waals surface area contributed by atoms with Crippen molar-refractivity contribution in [3.63, 3.8) is 0 Å². The van der Waals surface area contributed by atoms with Crippen LogP contribution in [0.3, 0.4) is 0 Å². The summed E-state index contributed by atoms with van der Waals surface area (Å²) in [5.41, 5.74) is 0. The van der Waals surface area contributed by atoms with Gasteiger partial charge in [0, 0.05) is 31.7 Å². The predicted molar refractivity (Wildman–Crippen MR) is 54.8 cm³/mol. The van der Waals surface area contributed by atoms with Gasteiger partial charge in [-0.25, -0.2) is 0 Å². The minimum atomic E-state index is 0.265. The third kappa shape index (κ3) is 4.60. The van der Waals surface area contributed by atoms with E-state index in [1.54, 1.807) is 0 Å². The van der Waals surface area contributed by atoms with Gasteiger partial charge in [0.25, 0.3) is 0 Å². The van der Waals surface area contributed by atoms with Crippen molar-refractivity contribution < 1.29 is 5.11 Å². The molecule has 3 nitrogen and oxygen atoms in total. The molecular formula is C10H22N2O. The third-order valence-corrected chi connectivity index (χ3v) is 2.53. The molecule has 0 spiro atoms. The Labute approximate surface area is 81.1 Å². The molecule has 0 radical (unpaired) electrons. The number of nitrogens with one attached hydrogen (secondary N) is 1. The van der Waals surface area contributed by atoms with Crippen LogP contribution in [0.5, 0.6) is 0 Å². The highest BCUT2D eigenvalue weighted by Gasteiger charge is 2.20. The van der Waals surface area contributed by atoms with E-state index in [1.165, 1.54) is 12.8 Å². The molecule has 1 aliphatic rings. The van der Waals surface area contributed by atoms with Crippen LogP contribution in [0.15, 0.2) is 0 Å². The minimum Gasteiger partial charge on any atom is -0.395 e. The Morgan fingerprint density at radius 1 is 1.38 bits per heavy atom. The van der Waals surface area contributed by atoms with Gasteiger partial charge < -0.3 is 10.4 Å². The van der Waals surface area contributed by atoms with Crippen molar-refractivity contribution in [3.05, 3.63) is 0 Å². The summed E-state index contributed by atoms with van der Waals surface area (Å²) < 4.78 is 0. The molecular weight excluding hydrogens is 164 g/mol. The van der Waals surface area contributed by atoms with Crippen LogP contribution in [-0.4, -0.2) is 48.3 Å². The molecule has 1 aliphatic carbocycles. The van der Waals surface area contributed by atoms with E-state index in [2.05, 4.69) is 24.1 Å². The number of hydrogen-bond acceptors (Lipinski definition) is 3. The van der Waals surface area contributed by atoms with Gasteiger partial charge in [-0.2, -0.15) is 0 Å². The molecule has 3 heteroatoms. The number of nitrogens with zero attached hydrogens (tertiary/aromatic N) is 1. The maximum absolute atomic E-state index is 8.84. The summed E-state index contributed by atoms with van der Waals surface area (Å²) in [4.78, 5) is 2.30. The van der Waals surface area contributed by atoms with E-state index in [0.717, 1.165) is 25.7 Å². The average molecular weight is 186 g/mol. The zero-order chi connectivity index (χ0) is 9.68. The fourth-order valence-corrected chi connectivity index (χ4v) is 1.46. The van der Waals surface area contributed by atoms with E-state index in [0.29, 0.717) is 6.04 Å². The predicted octanol–water partition coefficient (Wildman–Crippen LogP) is 0.441. The maximum atomic E-state index is 8.84. The van der Waals surface area contributed by atoms with Crippen molar-refractivity contribution in [3.8, 4) is 0 Å². The van der Waals surface area contributed by atoms with E-state index < -0.39 is 0 Å². The average Bonchev–Trinajstić information content (AvgIpc) is 2.86. The Morgan fingerprint density at radius 3 is 2.54 bits per heavy atom. The SMILES string of the molecule is CC(C)N(CCO)CCNC1CC1. The summed E-state index contributed by atoms with van der Waals surface area (Å²) in [6, 6.07) is 1.33. The van der Waals surface area contributed by atoms with Crippen molar-refractivity contribution in [1.82, 2.24) is 10.2 Å². The van der Waals surface area contributed by atoms with Crippen LogP contribution >= 0.6 is 0 Å². The summed E-state index contributed by atoms with van der Waals surface area (Å²) in [5.74, 6) is 0. The first-order valence-electron chi connectivity index (χ1n) is 5.32. The monoisotopic (exact) mass is 186 g/mol. The van der Waals surface area contributed by atoms with Gasteiger partial charge in [0.05, 0.1) is 6.61 Å². The molecule has 0 aromatic carbocycles. The second-order valence-corrected chi connectivity index (χ2v) is 4.08. The Kier molecular flexibility index (Phi) is 4.70. The van der Waals surface area contributed by atoms with Crippen LogP contribution < -0.4 is 5.32 Å². The van der Waals surface area contributed by atoms with Gasteiger partial charge in [0.2, 0.25) is 0 Å². The van der Waals surface area contributed by atoms with Gasteiger partial charge in [-0.1, -0.05) is 0 Å². The molecule has 0 aromatic rings. The normalized spacial score (nSPS) is 17.3. The summed E-state index contributed by atoms with van der Waals surface area (Å²) in [7, 11) is 0. The van der Waals surface area contributed by atoms with Crippen molar-refractivity contribution in [2.45, 2.75) is 38.8 Å². The molecule has 0 atom stereocenters. The number of hydrogen-bond donors (Lipinski definition) is 2.